The van der Waals surface area contributed by atoms with Crippen LogP contribution in [0.25, 0.3) is 11.3 Å². The Bertz CT molecular complexity index is 701. The Balaban J connectivity index is 2.46. The molecule has 1 N–H and O–H groups in total. The van der Waals surface area contributed by atoms with Gasteiger partial charge in [0.1, 0.15) is 11.6 Å². The number of halogens is 4. The minimum Gasteiger partial charge on any atom is -0.481 e. The monoisotopic (exact) mass is 315 g/mol. The van der Waals surface area contributed by atoms with Crippen LogP contribution in [-0.4, -0.2) is 22.4 Å². The molecular weight excluding hydrogens is 306 g/mol. The SMILES string of the molecule is O=C(O)Cc1nc(-c2ccccc2OC(F)(F)F)ccc1F. The molecule has 0 unspecified atom stereocenters. The van der Waals surface area contributed by atoms with Gasteiger partial charge in [-0.05, 0) is 24.3 Å². The lowest BCUT2D eigenvalue weighted by Gasteiger charge is -2.13. The number of hydrogen-bond donors (Lipinski definition) is 1. The van der Waals surface area contributed by atoms with Gasteiger partial charge < -0.3 is 9.84 Å². The molecule has 1 aromatic carbocycles. The Morgan fingerprint density at radius 2 is 1.86 bits per heavy atom. The second kappa shape index (κ2) is 6.00. The van der Waals surface area contributed by atoms with E-state index in [2.05, 4.69) is 9.72 Å². The van der Waals surface area contributed by atoms with Crippen molar-refractivity contribution in [2.24, 2.45) is 0 Å². The van der Waals surface area contributed by atoms with E-state index in [9.17, 15) is 22.4 Å². The van der Waals surface area contributed by atoms with Crippen LogP contribution in [0.2, 0.25) is 0 Å². The highest BCUT2D eigenvalue weighted by Crippen LogP contribution is 2.33. The fraction of sp³-hybridized carbons (Fsp3) is 0.143. The van der Waals surface area contributed by atoms with Gasteiger partial charge in [-0.1, -0.05) is 12.1 Å². The molecule has 0 aliphatic rings. The number of carboxylic acid groups (broad SMARTS) is 1. The van der Waals surface area contributed by atoms with Crippen LogP contribution in [0.5, 0.6) is 5.75 Å². The lowest BCUT2D eigenvalue weighted by atomic mass is 10.1. The predicted octanol–water partition coefficient (Wildman–Crippen LogP) is 3.41. The molecule has 0 aliphatic carbocycles. The standard InChI is InChI=1S/C14H9F4NO3/c15-9-5-6-10(19-11(9)7-13(20)21)8-3-1-2-4-12(8)22-14(16,17)18/h1-6H,7H2,(H,20,21). The zero-order valence-electron chi connectivity index (χ0n) is 10.9. The van der Waals surface area contributed by atoms with Gasteiger partial charge in [-0.3, -0.25) is 4.79 Å². The van der Waals surface area contributed by atoms with E-state index >= 15 is 0 Å². The van der Waals surface area contributed by atoms with E-state index in [1.54, 1.807) is 0 Å². The highest BCUT2D eigenvalue weighted by molar-refractivity contribution is 5.71. The number of benzene rings is 1. The molecule has 0 atom stereocenters. The lowest BCUT2D eigenvalue weighted by molar-refractivity contribution is -0.274. The van der Waals surface area contributed by atoms with Crippen molar-refractivity contribution in [1.29, 1.82) is 0 Å². The summed E-state index contributed by atoms with van der Waals surface area (Å²) in [4.78, 5) is 14.4. The molecule has 2 rings (SSSR count). The second-order valence-corrected chi connectivity index (χ2v) is 4.24. The van der Waals surface area contributed by atoms with Crippen LogP contribution in [0.4, 0.5) is 17.6 Å². The van der Waals surface area contributed by atoms with Crippen molar-refractivity contribution in [3.05, 3.63) is 47.9 Å². The number of nitrogens with zero attached hydrogens (tertiary/aromatic N) is 1. The molecule has 0 bridgehead atoms. The molecule has 22 heavy (non-hydrogen) atoms. The summed E-state index contributed by atoms with van der Waals surface area (Å²) >= 11 is 0. The Kier molecular flexibility index (Phi) is 4.30. The van der Waals surface area contributed by atoms with E-state index in [1.807, 2.05) is 0 Å². The fourth-order valence-electron chi connectivity index (χ4n) is 1.79. The summed E-state index contributed by atoms with van der Waals surface area (Å²) in [6.45, 7) is 0. The van der Waals surface area contributed by atoms with Gasteiger partial charge in [0.05, 0.1) is 17.8 Å². The second-order valence-electron chi connectivity index (χ2n) is 4.24. The maximum atomic E-state index is 13.5. The molecule has 0 saturated heterocycles. The summed E-state index contributed by atoms with van der Waals surface area (Å²) in [7, 11) is 0. The number of ether oxygens (including phenoxy) is 1. The first kappa shape index (κ1) is 15.7. The van der Waals surface area contributed by atoms with Crippen LogP contribution >= 0.6 is 0 Å². The molecule has 0 aliphatic heterocycles. The zero-order chi connectivity index (χ0) is 16.3. The van der Waals surface area contributed by atoms with E-state index in [0.717, 1.165) is 18.2 Å². The Morgan fingerprint density at radius 3 is 2.50 bits per heavy atom. The smallest absolute Gasteiger partial charge is 0.481 e. The number of rotatable bonds is 4. The number of aromatic nitrogens is 1. The predicted molar refractivity (Wildman–Crippen MR) is 67.7 cm³/mol. The number of carbonyl (C=O) groups is 1. The first-order valence-electron chi connectivity index (χ1n) is 5.98. The third-order valence-electron chi connectivity index (χ3n) is 2.63. The van der Waals surface area contributed by atoms with E-state index < -0.39 is 30.3 Å². The summed E-state index contributed by atoms with van der Waals surface area (Å²) < 4.78 is 54.5. The summed E-state index contributed by atoms with van der Waals surface area (Å²) in [5.41, 5.74) is -0.407. The largest absolute Gasteiger partial charge is 0.573 e. The van der Waals surface area contributed by atoms with Crippen LogP contribution in [-0.2, 0) is 11.2 Å². The molecule has 4 nitrogen and oxygen atoms in total. The minimum atomic E-state index is -4.89. The third-order valence-corrected chi connectivity index (χ3v) is 2.63. The van der Waals surface area contributed by atoms with Gasteiger partial charge in [-0.25, -0.2) is 9.37 Å². The fourth-order valence-corrected chi connectivity index (χ4v) is 1.79. The quantitative estimate of drug-likeness (QED) is 0.878. The van der Waals surface area contributed by atoms with Gasteiger partial charge >= 0.3 is 12.3 Å². The van der Waals surface area contributed by atoms with Gasteiger partial charge in [0.15, 0.2) is 0 Å². The van der Waals surface area contributed by atoms with Crippen molar-refractivity contribution < 1.29 is 32.2 Å². The van der Waals surface area contributed by atoms with Gasteiger partial charge in [0.25, 0.3) is 0 Å². The van der Waals surface area contributed by atoms with E-state index in [0.29, 0.717) is 0 Å². The third kappa shape index (κ3) is 3.94. The van der Waals surface area contributed by atoms with Gasteiger partial charge in [-0.2, -0.15) is 0 Å². The summed E-state index contributed by atoms with van der Waals surface area (Å²) in [5, 5.41) is 8.68. The van der Waals surface area contributed by atoms with Crippen LogP contribution in [0.15, 0.2) is 36.4 Å². The molecule has 8 heteroatoms. The molecule has 0 fully saturated rings. The van der Waals surface area contributed by atoms with Gasteiger partial charge in [-0.15, -0.1) is 13.2 Å². The normalized spacial score (nSPS) is 11.3. The molecular formula is C14H9F4NO3. The molecule has 0 radical (unpaired) electrons. The minimum absolute atomic E-state index is 0.0162. The number of hydrogen-bond acceptors (Lipinski definition) is 3. The van der Waals surface area contributed by atoms with Crippen molar-refractivity contribution in [3.63, 3.8) is 0 Å². The highest BCUT2D eigenvalue weighted by atomic mass is 19.4. The molecule has 0 saturated carbocycles. The van der Waals surface area contributed by atoms with Crippen LogP contribution in [0.1, 0.15) is 5.69 Å². The summed E-state index contributed by atoms with van der Waals surface area (Å²) in [6, 6.07) is 7.30. The summed E-state index contributed by atoms with van der Waals surface area (Å²) in [5.74, 6) is -2.65. The molecule has 0 spiro atoms. The Hall–Kier alpha value is -2.64. The molecule has 1 heterocycles. The van der Waals surface area contributed by atoms with Crippen molar-refractivity contribution in [3.8, 4) is 17.0 Å². The van der Waals surface area contributed by atoms with Gasteiger partial charge in [0.2, 0.25) is 0 Å². The van der Waals surface area contributed by atoms with Crippen molar-refractivity contribution >= 4 is 5.97 Å². The molecule has 116 valence electrons. The average molecular weight is 315 g/mol. The average Bonchev–Trinajstić information content (AvgIpc) is 2.40. The lowest BCUT2D eigenvalue weighted by Crippen LogP contribution is -2.17. The van der Waals surface area contributed by atoms with Crippen LogP contribution in [0.3, 0.4) is 0 Å². The van der Waals surface area contributed by atoms with E-state index in [4.69, 9.17) is 5.11 Å². The Labute approximate surface area is 122 Å². The van der Waals surface area contributed by atoms with Crippen molar-refractivity contribution in [1.82, 2.24) is 4.98 Å². The van der Waals surface area contributed by atoms with Gasteiger partial charge in [0, 0.05) is 5.56 Å². The topological polar surface area (TPSA) is 59.4 Å². The number of carboxylic acids is 1. The van der Waals surface area contributed by atoms with Crippen molar-refractivity contribution in [2.75, 3.05) is 0 Å². The van der Waals surface area contributed by atoms with Crippen LogP contribution < -0.4 is 4.74 Å². The maximum absolute atomic E-state index is 13.5. The summed E-state index contributed by atoms with van der Waals surface area (Å²) in [6.07, 6.45) is -5.57. The van der Waals surface area contributed by atoms with Crippen LogP contribution in [0, 0.1) is 5.82 Å². The first-order chi connectivity index (χ1) is 10.3. The van der Waals surface area contributed by atoms with E-state index in [1.165, 1.54) is 18.2 Å². The number of alkyl halides is 3. The zero-order valence-corrected chi connectivity index (χ0v) is 10.9. The molecule has 1 aromatic heterocycles. The molecule has 0 amide bonds. The van der Waals surface area contributed by atoms with Crippen molar-refractivity contribution in [2.45, 2.75) is 12.8 Å². The highest BCUT2D eigenvalue weighted by Gasteiger charge is 2.32. The van der Waals surface area contributed by atoms with E-state index in [-0.39, 0.29) is 17.0 Å². The molecule has 2 aromatic rings. The number of pyridine rings is 1. The first-order valence-corrected chi connectivity index (χ1v) is 5.98. The number of para-hydroxylation sites is 1. The number of aliphatic carboxylic acids is 1. The maximum Gasteiger partial charge on any atom is 0.573 e. The Morgan fingerprint density at radius 1 is 1.18 bits per heavy atom.